The first kappa shape index (κ1) is 10.4. The highest BCUT2D eigenvalue weighted by molar-refractivity contribution is 5.08. The molecule has 0 aromatic heterocycles. The van der Waals surface area contributed by atoms with Crippen LogP contribution in [0.25, 0.3) is 0 Å². The fourth-order valence-corrected chi connectivity index (χ4v) is 3.47. The van der Waals surface area contributed by atoms with Crippen LogP contribution in [0.15, 0.2) is 0 Å². The second-order valence-corrected chi connectivity index (χ2v) is 4.81. The summed E-state index contributed by atoms with van der Waals surface area (Å²) in [6.07, 6.45) is 8.77. The molecule has 2 atom stereocenters. The Labute approximate surface area is 87.4 Å². The summed E-state index contributed by atoms with van der Waals surface area (Å²) in [6, 6.07) is 0.722. The molecule has 0 radical (unpaired) electrons. The molecule has 2 aliphatic rings. The van der Waals surface area contributed by atoms with Crippen molar-refractivity contribution in [3.63, 3.8) is 0 Å². The van der Waals surface area contributed by atoms with Gasteiger partial charge in [-0.15, -0.1) is 0 Å². The molecule has 2 saturated carbocycles. The lowest BCUT2D eigenvalue weighted by Gasteiger charge is -2.57. The van der Waals surface area contributed by atoms with Gasteiger partial charge in [0.1, 0.15) is 0 Å². The zero-order chi connectivity index (χ0) is 10.0. The Hall–Kier alpha value is -0.0800. The van der Waals surface area contributed by atoms with E-state index in [1.54, 1.807) is 0 Å². The molecule has 0 amide bonds. The van der Waals surface area contributed by atoms with Gasteiger partial charge in [0.25, 0.3) is 0 Å². The molecule has 0 aliphatic heterocycles. The monoisotopic (exact) mass is 197 g/mol. The average Bonchev–Trinajstić information content (AvgIpc) is 2.25. The summed E-state index contributed by atoms with van der Waals surface area (Å²) in [6.45, 7) is 2.99. The highest BCUT2D eigenvalue weighted by Crippen LogP contribution is 2.53. The molecular weight excluding hydrogens is 174 g/mol. The van der Waals surface area contributed by atoms with E-state index in [9.17, 15) is 0 Å². The van der Waals surface area contributed by atoms with Crippen molar-refractivity contribution in [2.24, 2.45) is 5.41 Å². The zero-order valence-corrected chi connectivity index (χ0v) is 9.51. The number of nitrogens with one attached hydrogen (secondary N) is 1. The molecule has 0 aromatic carbocycles. The maximum absolute atomic E-state index is 5.86. The molecule has 2 aliphatic carbocycles. The molecule has 0 bridgehead atoms. The Morgan fingerprint density at radius 2 is 2.00 bits per heavy atom. The van der Waals surface area contributed by atoms with Gasteiger partial charge in [0.2, 0.25) is 0 Å². The molecule has 82 valence electrons. The van der Waals surface area contributed by atoms with Gasteiger partial charge in [-0.3, -0.25) is 0 Å². The first-order chi connectivity index (χ1) is 6.83. The Kier molecular flexibility index (Phi) is 3.13. The van der Waals surface area contributed by atoms with Crippen molar-refractivity contribution in [1.29, 1.82) is 0 Å². The Balaban J connectivity index is 2.01. The van der Waals surface area contributed by atoms with Crippen LogP contribution >= 0.6 is 0 Å². The lowest BCUT2D eigenvalue weighted by Crippen LogP contribution is -2.63. The molecule has 2 heteroatoms. The van der Waals surface area contributed by atoms with Crippen LogP contribution in [0.1, 0.15) is 45.4 Å². The van der Waals surface area contributed by atoms with E-state index in [1.165, 1.54) is 38.5 Å². The van der Waals surface area contributed by atoms with Gasteiger partial charge in [0.15, 0.2) is 0 Å². The topological polar surface area (TPSA) is 21.3 Å². The highest BCUT2D eigenvalue weighted by Gasteiger charge is 2.54. The lowest BCUT2D eigenvalue weighted by molar-refractivity contribution is -0.148. The average molecular weight is 197 g/mol. The van der Waals surface area contributed by atoms with Crippen LogP contribution in [0.5, 0.6) is 0 Å². The van der Waals surface area contributed by atoms with Crippen LogP contribution < -0.4 is 5.32 Å². The van der Waals surface area contributed by atoms with Crippen molar-refractivity contribution in [3.8, 4) is 0 Å². The van der Waals surface area contributed by atoms with Crippen LogP contribution in [0.3, 0.4) is 0 Å². The molecule has 0 saturated heterocycles. The largest absolute Gasteiger partial charge is 0.378 e. The number of ether oxygens (including phenoxy) is 1. The Morgan fingerprint density at radius 3 is 2.57 bits per heavy atom. The van der Waals surface area contributed by atoms with E-state index in [1.807, 2.05) is 0 Å². The minimum atomic E-state index is 0.503. The van der Waals surface area contributed by atoms with Crippen LogP contribution in [0.4, 0.5) is 0 Å². The fraction of sp³-hybridized carbons (Fsp3) is 1.00. The van der Waals surface area contributed by atoms with Gasteiger partial charge < -0.3 is 10.1 Å². The van der Waals surface area contributed by atoms with E-state index in [0.29, 0.717) is 11.5 Å². The molecule has 0 heterocycles. The van der Waals surface area contributed by atoms with Crippen molar-refractivity contribution in [3.05, 3.63) is 0 Å². The molecule has 2 nitrogen and oxygen atoms in total. The third-order valence-electron chi connectivity index (χ3n) is 4.29. The molecule has 1 N–H and O–H groups in total. The molecule has 1 spiro atoms. The summed E-state index contributed by atoms with van der Waals surface area (Å²) in [4.78, 5) is 0. The van der Waals surface area contributed by atoms with Gasteiger partial charge >= 0.3 is 0 Å². The predicted octanol–water partition coefficient (Wildman–Crippen LogP) is 2.33. The van der Waals surface area contributed by atoms with E-state index in [2.05, 4.69) is 19.3 Å². The zero-order valence-electron chi connectivity index (χ0n) is 9.51. The summed E-state index contributed by atoms with van der Waals surface area (Å²) in [7, 11) is 2.10. The Morgan fingerprint density at radius 1 is 1.29 bits per heavy atom. The number of rotatable bonds is 3. The standard InChI is InChI=1S/C12H23NO/c1-3-14-11-9-10(13-2)12(11)7-5-4-6-8-12/h10-11,13H,3-9H2,1-2H3/t10-,11-/m1/s1. The molecule has 2 fully saturated rings. The van der Waals surface area contributed by atoms with Gasteiger partial charge in [0, 0.05) is 18.1 Å². The third-order valence-corrected chi connectivity index (χ3v) is 4.29. The van der Waals surface area contributed by atoms with Crippen molar-refractivity contribution < 1.29 is 4.74 Å². The molecular formula is C12H23NO. The SMILES string of the molecule is CCO[C@@H]1C[C@@H](NC)C12CCCCC2. The van der Waals surface area contributed by atoms with Crippen molar-refractivity contribution in [2.45, 2.75) is 57.6 Å². The first-order valence-electron chi connectivity index (χ1n) is 6.12. The molecule has 14 heavy (non-hydrogen) atoms. The van der Waals surface area contributed by atoms with Crippen LogP contribution in [0, 0.1) is 5.41 Å². The molecule has 2 rings (SSSR count). The highest BCUT2D eigenvalue weighted by atomic mass is 16.5. The summed E-state index contributed by atoms with van der Waals surface area (Å²) in [5.74, 6) is 0. The fourth-order valence-electron chi connectivity index (χ4n) is 3.47. The number of hydrogen-bond acceptors (Lipinski definition) is 2. The third kappa shape index (κ3) is 1.49. The van der Waals surface area contributed by atoms with E-state index in [4.69, 9.17) is 4.74 Å². The van der Waals surface area contributed by atoms with Crippen LogP contribution in [0.2, 0.25) is 0 Å². The van der Waals surface area contributed by atoms with E-state index in [-0.39, 0.29) is 0 Å². The molecule has 0 aromatic rings. The smallest absolute Gasteiger partial charge is 0.0661 e. The van der Waals surface area contributed by atoms with Crippen LogP contribution in [-0.2, 0) is 4.74 Å². The van der Waals surface area contributed by atoms with Crippen molar-refractivity contribution in [2.75, 3.05) is 13.7 Å². The van der Waals surface area contributed by atoms with E-state index < -0.39 is 0 Å². The van der Waals surface area contributed by atoms with Gasteiger partial charge in [0.05, 0.1) is 6.10 Å². The van der Waals surface area contributed by atoms with E-state index >= 15 is 0 Å². The second-order valence-electron chi connectivity index (χ2n) is 4.81. The van der Waals surface area contributed by atoms with Gasteiger partial charge in [-0.2, -0.15) is 0 Å². The normalized spacial score (nSPS) is 35.6. The summed E-state index contributed by atoms with van der Waals surface area (Å²) >= 11 is 0. The predicted molar refractivity (Wildman–Crippen MR) is 58.4 cm³/mol. The maximum atomic E-state index is 5.86. The first-order valence-corrected chi connectivity index (χ1v) is 6.12. The van der Waals surface area contributed by atoms with Gasteiger partial charge in [-0.1, -0.05) is 19.3 Å². The Bertz CT molecular complexity index is 187. The minimum Gasteiger partial charge on any atom is -0.378 e. The summed E-state index contributed by atoms with van der Waals surface area (Å²) < 4.78 is 5.86. The van der Waals surface area contributed by atoms with Gasteiger partial charge in [-0.25, -0.2) is 0 Å². The summed E-state index contributed by atoms with van der Waals surface area (Å²) in [5, 5.41) is 3.47. The maximum Gasteiger partial charge on any atom is 0.0661 e. The lowest BCUT2D eigenvalue weighted by atomic mass is 9.55. The minimum absolute atomic E-state index is 0.503. The van der Waals surface area contributed by atoms with Crippen LogP contribution in [-0.4, -0.2) is 25.8 Å². The second kappa shape index (κ2) is 4.19. The quantitative estimate of drug-likeness (QED) is 0.750. The van der Waals surface area contributed by atoms with Crippen molar-refractivity contribution >= 4 is 0 Å². The van der Waals surface area contributed by atoms with Crippen molar-refractivity contribution in [1.82, 2.24) is 5.32 Å². The summed E-state index contributed by atoms with van der Waals surface area (Å²) in [5.41, 5.74) is 0.503. The number of hydrogen-bond donors (Lipinski definition) is 1. The molecule has 0 unspecified atom stereocenters. The van der Waals surface area contributed by atoms with E-state index in [0.717, 1.165) is 12.6 Å². The van der Waals surface area contributed by atoms with Gasteiger partial charge in [-0.05, 0) is 33.2 Å².